The topological polar surface area (TPSA) is 183 Å². The van der Waals surface area contributed by atoms with Crippen molar-refractivity contribution in [3.8, 4) is 0 Å². The lowest BCUT2D eigenvalue weighted by molar-refractivity contribution is -0.197. The van der Waals surface area contributed by atoms with Gasteiger partial charge in [0.05, 0.1) is 24.2 Å². The van der Waals surface area contributed by atoms with Crippen molar-refractivity contribution in [2.75, 3.05) is 11.5 Å². The number of carbonyl (C=O) groups excluding carboxylic acids is 5. The number of fused-ring (bicyclic) bond motifs is 2. The summed E-state index contributed by atoms with van der Waals surface area (Å²) in [5.41, 5.74) is 0. The Hall–Kier alpha value is -2.68. The van der Waals surface area contributed by atoms with Gasteiger partial charge in [0.25, 0.3) is 11.8 Å². The zero-order valence-corrected chi connectivity index (χ0v) is 23.2. The number of unbranched alkanes of at least 4 members (excludes halogenated alkanes) is 2. The highest BCUT2D eigenvalue weighted by molar-refractivity contribution is 8.00. The highest BCUT2D eigenvalue weighted by Crippen LogP contribution is 2.34. The minimum absolute atomic E-state index is 0.0640. The lowest BCUT2D eigenvalue weighted by atomic mass is 10.0. The third-order valence-corrected chi connectivity index (χ3v) is 10.3. The molecule has 5 aliphatic rings. The van der Waals surface area contributed by atoms with Crippen LogP contribution in [-0.2, 0) is 24.0 Å². The number of carboxylic acids is 1. The van der Waals surface area contributed by atoms with Crippen molar-refractivity contribution in [3.05, 3.63) is 0 Å². The van der Waals surface area contributed by atoms with Crippen LogP contribution in [0.1, 0.15) is 64.2 Å². The van der Waals surface area contributed by atoms with Crippen molar-refractivity contribution in [1.82, 2.24) is 26.3 Å². The van der Waals surface area contributed by atoms with E-state index in [2.05, 4.69) is 21.3 Å². The summed E-state index contributed by atoms with van der Waals surface area (Å²) in [7, 11) is 0. The molecule has 5 saturated heterocycles. The maximum atomic E-state index is 11.7. The van der Waals surface area contributed by atoms with E-state index in [4.69, 9.17) is 9.94 Å². The number of carboxylic acid groups (broad SMARTS) is 1. The van der Waals surface area contributed by atoms with Gasteiger partial charge < -0.3 is 31.2 Å². The molecule has 5 rings (SSSR count). The number of rotatable bonds is 11. The third-order valence-electron chi connectivity index (χ3n) is 7.32. The largest absolute Gasteiger partial charge is 0.481 e. The number of hydroxylamine groups is 2. The molecule has 5 aliphatic heterocycles. The highest BCUT2D eigenvalue weighted by atomic mass is 32.2. The first-order valence-electron chi connectivity index (χ1n) is 13.4. The molecule has 0 aliphatic carbocycles. The molecule has 216 valence electrons. The fourth-order valence-electron chi connectivity index (χ4n) is 5.33. The van der Waals surface area contributed by atoms with Crippen LogP contribution in [0.4, 0.5) is 9.59 Å². The van der Waals surface area contributed by atoms with E-state index >= 15 is 0 Å². The summed E-state index contributed by atoms with van der Waals surface area (Å²) in [6.45, 7) is 0. The number of thioether (sulfide) groups is 2. The molecule has 0 aromatic carbocycles. The van der Waals surface area contributed by atoms with Crippen LogP contribution in [0.25, 0.3) is 0 Å². The predicted octanol–water partition coefficient (Wildman–Crippen LogP) is 1.12. The van der Waals surface area contributed by atoms with Crippen LogP contribution in [0.2, 0.25) is 0 Å². The van der Waals surface area contributed by atoms with E-state index in [9.17, 15) is 28.8 Å². The van der Waals surface area contributed by atoms with Crippen LogP contribution in [0.3, 0.4) is 0 Å². The van der Waals surface area contributed by atoms with E-state index in [1.54, 1.807) is 0 Å². The number of imide groups is 1. The summed E-state index contributed by atoms with van der Waals surface area (Å²) in [5, 5.41) is 21.5. The summed E-state index contributed by atoms with van der Waals surface area (Å²) in [4.78, 5) is 71.9. The molecule has 15 heteroatoms. The van der Waals surface area contributed by atoms with Crippen LogP contribution in [0, 0.1) is 0 Å². The molecule has 0 aromatic rings. The van der Waals surface area contributed by atoms with Crippen LogP contribution in [0.15, 0.2) is 0 Å². The normalized spacial score (nSPS) is 30.5. The SMILES string of the molecule is O=C(O)CCCC[C@@H]1SC[C@@H]2NC(=O)N[C@@H]21.O=C1N[C@H]2CSC(CCCCC(=O)ON3C(=O)CCC3=O)[C@H]2N1. The Labute approximate surface area is 234 Å². The van der Waals surface area contributed by atoms with Gasteiger partial charge in [-0.1, -0.05) is 12.8 Å². The van der Waals surface area contributed by atoms with Crippen molar-refractivity contribution in [2.24, 2.45) is 0 Å². The number of amides is 6. The minimum Gasteiger partial charge on any atom is -0.481 e. The predicted molar refractivity (Wildman–Crippen MR) is 143 cm³/mol. The molecule has 39 heavy (non-hydrogen) atoms. The van der Waals surface area contributed by atoms with E-state index in [-0.39, 0.29) is 61.9 Å². The molecule has 1 unspecified atom stereocenters. The maximum absolute atomic E-state index is 11.7. The van der Waals surface area contributed by atoms with Crippen LogP contribution >= 0.6 is 23.5 Å². The smallest absolute Gasteiger partial charge is 0.333 e. The standard InChI is InChI=1S/C14H19N3O5S.C10H16N2O3S/c18-10-5-6-11(19)17(10)22-12(20)4-2-1-3-9-13-8(7-23-9)15-14(21)16-13;13-8(14)4-2-1-3-7-9-6(5-16-7)11-10(15)12-9/h8-9,13H,1-7H2,(H2,15,16,21);6-7,9H,1-5H2,(H,13,14)(H2,11,12,15)/t8-,9?,13-;6-,7-,9-/m00/s1. The monoisotopic (exact) mass is 585 g/mol. The van der Waals surface area contributed by atoms with E-state index in [0.29, 0.717) is 22.0 Å². The second-order valence-electron chi connectivity index (χ2n) is 10.2. The second kappa shape index (κ2) is 13.6. The Kier molecular flexibility index (Phi) is 10.2. The number of urea groups is 2. The van der Waals surface area contributed by atoms with Gasteiger partial charge in [-0.15, -0.1) is 5.06 Å². The van der Waals surface area contributed by atoms with Gasteiger partial charge in [0.15, 0.2) is 0 Å². The second-order valence-corrected chi connectivity index (χ2v) is 12.7. The number of hydrogen-bond donors (Lipinski definition) is 5. The first-order chi connectivity index (χ1) is 18.7. The van der Waals surface area contributed by atoms with Crippen molar-refractivity contribution in [1.29, 1.82) is 0 Å². The van der Waals surface area contributed by atoms with E-state index in [1.807, 2.05) is 23.5 Å². The number of aliphatic carboxylic acids is 1. The van der Waals surface area contributed by atoms with Gasteiger partial charge in [0.2, 0.25) is 0 Å². The number of hydrogen-bond acceptors (Lipinski definition) is 9. The third kappa shape index (κ3) is 7.93. The molecule has 6 atom stereocenters. The number of nitrogens with zero attached hydrogens (tertiary/aromatic N) is 1. The summed E-state index contributed by atoms with van der Waals surface area (Å²) < 4.78 is 0. The Bertz CT molecular complexity index is 968. The molecule has 13 nitrogen and oxygen atoms in total. The molecule has 5 fully saturated rings. The molecule has 6 amide bonds. The molecule has 0 saturated carbocycles. The minimum atomic E-state index is -0.729. The molecule has 5 N–H and O–H groups in total. The summed E-state index contributed by atoms with van der Waals surface area (Å²) in [6, 6.07) is 0.706. The zero-order valence-electron chi connectivity index (χ0n) is 21.5. The Morgan fingerprint density at radius 2 is 1.26 bits per heavy atom. The molecule has 0 spiro atoms. The lowest BCUT2D eigenvalue weighted by Crippen LogP contribution is -2.36. The summed E-state index contributed by atoms with van der Waals surface area (Å²) >= 11 is 3.70. The Morgan fingerprint density at radius 3 is 1.74 bits per heavy atom. The lowest BCUT2D eigenvalue weighted by Gasteiger charge is -2.16. The van der Waals surface area contributed by atoms with Gasteiger partial charge in [-0.3, -0.25) is 14.4 Å². The van der Waals surface area contributed by atoms with Crippen LogP contribution in [0.5, 0.6) is 0 Å². The van der Waals surface area contributed by atoms with Gasteiger partial charge in [-0.2, -0.15) is 23.5 Å². The Balaban J connectivity index is 0.000000193. The molecule has 5 heterocycles. The van der Waals surface area contributed by atoms with E-state index < -0.39 is 23.8 Å². The van der Waals surface area contributed by atoms with Crippen molar-refractivity contribution < 1.29 is 38.7 Å². The number of carbonyl (C=O) groups is 6. The van der Waals surface area contributed by atoms with Gasteiger partial charge in [0, 0.05) is 47.7 Å². The maximum Gasteiger partial charge on any atom is 0.333 e. The molecule has 0 radical (unpaired) electrons. The van der Waals surface area contributed by atoms with Gasteiger partial charge in [-0.25, -0.2) is 14.4 Å². The quantitative estimate of drug-likeness (QED) is 0.134. The summed E-state index contributed by atoms with van der Waals surface area (Å²) in [6.07, 6.45) is 5.63. The first kappa shape index (κ1) is 29.3. The van der Waals surface area contributed by atoms with Crippen LogP contribution in [-0.4, -0.2) is 92.2 Å². The fraction of sp³-hybridized carbons (Fsp3) is 0.750. The first-order valence-corrected chi connectivity index (χ1v) is 15.5. The van der Waals surface area contributed by atoms with Gasteiger partial charge in [-0.05, 0) is 25.7 Å². The van der Waals surface area contributed by atoms with Crippen molar-refractivity contribution in [2.45, 2.75) is 98.9 Å². The van der Waals surface area contributed by atoms with Gasteiger partial charge >= 0.3 is 24.0 Å². The summed E-state index contributed by atoms with van der Waals surface area (Å²) in [5.74, 6) is -0.320. The van der Waals surface area contributed by atoms with E-state index in [1.165, 1.54) is 0 Å². The van der Waals surface area contributed by atoms with Crippen molar-refractivity contribution in [3.63, 3.8) is 0 Å². The highest BCUT2D eigenvalue weighted by Gasteiger charge is 2.43. The average molecular weight is 586 g/mol. The molecular weight excluding hydrogens is 550 g/mol. The fourth-order valence-corrected chi connectivity index (χ4v) is 8.42. The van der Waals surface area contributed by atoms with Crippen molar-refractivity contribution >= 4 is 59.3 Å². The molecule has 0 aromatic heterocycles. The zero-order chi connectivity index (χ0) is 27.9. The Morgan fingerprint density at radius 1 is 0.769 bits per heavy atom. The molecular formula is C24H35N5O8S2. The number of nitrogens with one attached hydrogen (secondary N) is 4. The van der Waals surface area contributed by atoms with Gasteiger partial charge in [0.1, 0.15) is 0 Å². The average Bonchev–Trinajstić information content (AvgIpc) is 3.68. The van der Waals surface area contributed by atoms with Crippen LogP contribution < -0.4 is 21.3 Å². The van der Waals surface area contributed by atoms with E-state index in [0.717, 1.165) is 43.6 Å². The molecule has 0 bridgehead atoms.